The number of nitrogens with zero attached hydrogens (tertiary/aromatic N) is 2. The van der Waals surface area contributed by atoms with Crippen LogP contribution in [0.1, 0.15) is 113 Å². The van der Waals surface area contributed by atoms with Gasteiger partial charge in [0.05, 0.1) is 29.9 Å². The monoisotopic (exact) mass is 942 g/mol. The number of aliphatic hydroxyl groups is 2. The summed E-state index contributed by atoms with van der Waals surface area (Å²) in [6, 6.07) is 25.1. The van der Waals surface area contributed by atoms with E-state index in [0.29, 0.717) is 55.0 Å². The lowest BCUT2D eigenvalue weighted by molar-refractivity contribution is -0.123. The average Bonchev–Trinajstić information content (AvgIpc) is 3.68. The molecule has 0 aliphatic carbocycles. The molecule has 0 fully saturated rings. The first-order valence-electron chi connectivity index (χ1n) is 24.8. The van der Waals surface area contributed by atoms with E-state index < -0.39 is 12.2 Å². The largest absolute Gasteiger partial charge is 0.393 e. The highest BCUT2D eigenvalue weighted by atomic mass is 19.1. The Hall–Kier alpha value is -6.14. The smallest absolute Gasteiger partial charge is 0.258 e. The zero-order valence-corrected chi connectivity index (χ0v) is 41.3. The lowest BCUT2D eigenvalue weighted by Gasteiger charge is -2.20. The Morgan fingerprint density at radius 2 is 1.25 bits per heavy atom. The summed E-state index contributed by atoms with van der Waals surface area (Å²) in [5.41, 5.74) is 4.84. The van der Waals surface area contributed by atoms with Gasteiger partial charge < -0.3 is 35.6 Å². The van der Waals surface area contributed by atoms with Crippen LogP contribution < -0.4 is 16.0 Å². The number of rotatable bonds is 31. The molecule has 1 aromatic heterocycles. The van der Waals surface area contributed by atoms with E-state index in [1.54, 1.807) is 12.1 Å². The van der Waals surface area contributed by atoms with Crippen LogP contribution >= 0.6 is 0 Å². The fourth-order valence-corrected chi connectivity index (χ4v) is 8.01. The second-order valence-electron chi connectivity index (χ2n) is 17.6. The van der Waals surface area contributed by atoms with E-state index in [1.807, 2.05) is 91.0 Å². The third kappa shape index (κ3) is 20.5. The molecule has 10 nitrogen and oxygen atoms in total. The average molecular weight is 942 g/mol. The molecule has 69 heavy (non-hydrogen) atoms. The molecule has 0 unspecified atom stereocenters. The molecule has 3 amide bonds. The normalized spacial score (nSPS) is 12.9. The summed E-state index contributed by atoms with van der Waals surface area (Å²) < 4.78 is 16.3. The van der Waals surface area contributed by atoms with Crippen molar-refractivity contribution in [1.29, 1.82) is 0 Å². The minimum atomic E-state index is -1.08. The number of hydrogen-bond acceptors (Lipinski definition) is 6. The summed E-state index contributed by atoms with van der Waals surface area (Å²) in [6.07, 6.45) is 26.7. The van der Waals surface area contributed by atoms with Gasteiger partial charge in [-0.2, -0.15) is 0 Å². The summed E-state index contributed by atoms with van der Waals surface area (Å²) in [4.78, 5) is 41.5. The van der Waals surface area contributed by atoms with Gasteiger partial charge in [-0.15, -0.1) is 0 Å². The van der Waals surface area contributed by atoms with Gasteiger partial charge in [0, 0.05) is 56.1 Å². The number of aliphatic hydroxyl groups excluding tert-OH is 2. The number of carbonyl (C=O) groups is 3. The van der Waals surface area contributed by atoms with Gasteiger partial charge in [-0.3, -0.25) is 14.4 Å². The van der Waals surface area contributed by atoms with Gasteiger partial charge in [-0.05, 0) is 118 Å². The predicted molar refractivity (Wildman–Crippen MR) is 281 cm³/mol. The van der Waals surface area contributed by atoms with Gasteiger partial charge in [0.15, 0.2) is 0 Å². The standard InChI is InChI=1S/C58H76FN5O5/c1-5-6-7-8-9-10-11-12-13-14-15-16-17-18-19-20-27-32-52(67)60-38-41-63(4)42-39-61-53(68)44-51(66)43-50(65)37-40-64-56(45(2)3)55(58(69)62-49-30-25-22-26-31-49)54(46-28-23-21-24-29-46)57(64)47-33-35-48(59)36-34-47/h6-7,9-10,12-13,15-16,18-19,21-26,28-31,33-36,45,50-51,65-66H,5,8,11,14,17,20,27,32,37-44H2,1-4H3,(H,60,67)(H,61,68)(H,62,69)/t50-,51-/m1/s1. The molecular formula is C58H76FN5O5. The number of benzene rings is 3. The van der Waals surface area contributed by atoms with Crippen molar-refractivity contribution in [3.05, 3.63) is 163 Å². The minimum Gasteiger partial charge on any atom is -0.393 e. The number of anilines is 1. The molecule has 0 saturated heterocycles. The number of amides is 3. The number of para-hydroxylation sites is 1. The predicted octanol–water partition coefficient (Wildman–Crippen LogP) is 11.3. The third-order valence-electron chi connectivity index (χ3n) is 11.5. The maximum absolute atomic E-state index is 14.3. The molecule has 3 aromatic carbocycles. The second kappa shape index (κ2) is 31.8. The van der Waals surface area contributed by atoms with Gasteiger partial charge in [0.2, 0.25) is 11.8 Å². The van der Waals surface area contributed by atoms with Crippen LogP contribution in [0, 0.1) is 5.82 Å². The highest BCUT2D eigenvalue weighted by molar-refractivity contribution is 6.12. The van der Waals surface area contributed by atoms with Gasteiger partial charge in [-0.25, -0.2) is 4.39 Å². The van der Waals surface area contributed by atoms with Gasteiger partial charge in [0.25, 0.3) is 5.91 Å². The summed E-state index contributed by atoms with van der Waals surface area (Å²) in [5, 5.41) is 31.1. The van der Waals surface area contributed by atoms with Crippen LogP contribution in [0.15, 0.2) is 146 Å². The Kier molecular flexibility index (Phi) is 25.6. The fourth-order valence-electron chi connectivity index (χ4n) is 8.01. The molecule has 0 aliphatic heterocycles. The SMILES string of the molecule is CCC=CCC=CCC=CCC=CCC=CCCCC(=O)NCCN(C)CCNC(=O)C[C@H](O)C[C@H](O)CCn1c(-c2ccc(F)cc2)c(-c2ccccc2)c(C(=O)Nc2ccccc2)c1C(C)C. The lowest BCUT2D eigenvalue weighted by Crippen LogP contribution is -2.38. The van der Waals surface area contributed by atoms with Crippen LogP contribution in [-0.4, -0.2) is 82.8 Å². The maximum atomic E-state index is 14.3. The molecule has 0 saturated carbocycles. The van der Waals surface area contributed by atoms with Crippen molar-refractivity contribution in [3.63, 3.8) is 0 Å². The Morgan fingerprint density at radius 3 is 1.83 bits per heavy atom. The first-order valence-corrected chi connectivity index (χ1v) is 24.8. The number of aromatic nitrogens is 1. The zero-order chi connectivity index (χ0) is 49.6. The lowest BCUT2D eigenvalue weighted by atomic mass is 9.94. The number of halogens is 1. The molecule has 4 rings (SSSR count). The highest BCUT2D eigenvalue weighted by Gasteiger charge is 2.31. The molecule has 370 valence electrons. The van der Waals surface area contributed by atoms with Crippen molar-refractivity contribution < 1.29 is 29.0 Å². The quantitative estimate of drug-likeness (QED) is 0.0252. The number of carbonyl (C=O) groups excluding carboxylic acids is 3. The van der Waals surface area contributed by atoms with Crippen LogP contribution in [-0.2, 0) is 16.1 Å². The van der Waals surface area contributed by atoms with Crippen molar-refractivity contribution in [2.24, 2.45) is 0 Å². The van der Waals surface area contributed by atoms with Crippen molar-refractivity contribution in [3.8, 4) is 22.4 Å². The summed E-state index contributed by atoms with van der Waals surface area (Å²) in [7, 11) is 1.92. The molecule has 1 heterocycles. The Labute approximate surface area is 410 Å². The molecule has 0 bridgehead atoms. The van der Waals surface area contributed by atoms with E-state index in [2.05, 4.69) is 83.6 Å². The molecule has 0 spiro atoms. The van der Waals surface area contributed by atoms with Crippen LogP contribution in [0.3, 0.4) is 0 Å². The van der Waals surface area contributed by atoms with E-state index in [9.17, 15) is 29.0 Å². The minimum absolute atomic E-state index is 0.0214. The van der Waals surface area contributed by atoms with Crippen molar-refractivity contribution >= 4 is 23.4 Å². The first-order chi connectivity index (χ1) is 33.5. The van der Waals surface area contributed by atoms with Gasteiger partial charge in [0.1, 0.15) is 5.82 Å². The Balaban J connectivity index is 1.19. The summed E-state index contributed by atoms with van der Waals surface area (Å²) >= 11 is 0. The second-order valence-corrected chi connectivity index (χ2v) is 17.6. The van der Waals surface area contributed by atoms with Crippen LogP contribution in [0.4, 0.5) is 10.1 Å². The number of likely N-dealkylation sites (N-methyl/N-ethyl adjacent to an activating group) is 1. The zero-order valence-electron chi connectivity index (χ0n) is 41.3. The third-order valence-corrected chi connectivity index (χ3v) is 11.5. The van der Waals surface area contributed by atoms with Crippen LogP contribution in [0.25, 0.3) is 22.4 Å². The molecular weight excluding hydrogens is 866 g/mol. The van der Waals surface area contributed by atoms with E-state index in [-0.39, 0.29) is 55.3 Å². The number of nitrogens with one attached hydrogen (secondary N) is 3. The van der Waals surface area contributed by atoms with Gasteiger partial charge in [-0.1, -0.05) is 130 Å². The van der Waals surface area contributed by atoms with Crippen LogP contribution in [0.5, 0.6) is 0 Å². The van der Waals surface area contributed by atoms with E-state index in [4.69, 9.17) is 0 Å². The van der Waals surface area contributed by atoms with Crippen molar-refractivity contribution in [1.82, 2.24) is 20.1 Å². The number of allylic oxidation sites excluding steroid dienone is 10. The molecule has 0 aliphatic rings. The summed E-state index contributed by atoms with van der Waals surface area (Å²) in [6.45, 7) is 8.52. The molecule has 5 N–H and O–H groups in total. The Morgan fingerprint density at radius 1 is 0.696 bits per heavy atom. The van der Waals surface area contributed by atoms with E-state index in [1.165, 1.54) is 12.1 Å². The summed E-state index contributed by atoms with van der Waals surface area (Å²) in [5.74, 6) is -1.10. The fraction of sp³-hybridized carbons (Fsp3) is 0.397. The number of hydrogen-bond donors (Lipinski definition) is 5. The maximum Gasteiger partial charge on any atom is 0.258 e. The van der Waals surface area contributed by atoms with E-state index >= 15 is 0 Å². The molecule has 0 radical (unpaired) electrons. The molecule has 11 heteroatoms. The number of unbranched alkanes of at least 4 members (excludes halogenated alkanes) is 1. The highest BCUT2D eigenvalue weighted by Crippen LogP contribution is 2.42. The van der Waals surface area contributed by atoms with E-state index in [0.717, 1.165) is 61.9 Å². The molecule has 4 aromatic rings. The van der Waals surface area contributed by atoms with Gasteiger partial charge >= 0.3 is 0 Å². The van der Waals surface area contributed by atoms with Crippen molar-refractivity contribution in [2.45, 2.75) is 116 Å². The molecule has 2 atom stereocenters. The van der Waals surface area contributed by atoms with Crippen molar-refractivity contribution in [2.75, 3.05) is 38.5 Å². The first kappa shape index (κ1) is 55.5. The Bertz CT molecular complexity index is 2280. The topological polar surface area (TPSA) is 136 Å². The van der Waals surface area contributed by atoms with Crippen LogP contribution in [0.2, 0.25) is 0 Å².